The van der Waals surface area contributed by atoms with Gasteiger partial charge in [0.05, 0.1) is 11.6 Å². The first kappa shape index (κ1) is 21.3. The summed E-state index contributed by atoms with van der Waals surface area (Å²) in [5, 5.41) is 12.3. The molecular formula is C22H21BrN2O3. The van der Waals surface area contributed by atoms with E-state index < -0.39 is 5.91 Å². The molecular weight excluding hydrogens is 420 g/mol. The predicted octanol–water partition coefficient (Wildman–Crippen LogP) is 5.19. The molecule has 6 heteroatoms. The van der Waals surface area contributed by atoms with Gasteiger partial charge in [-0.05, 0) is 64.7 Å². The number of methoxy groups -OCH3 is 1. The van der Waals surface area contributed by atoms with Gasteiger partial charge in [0.25, 0.3) is 5.91 Å². The van der Waals surface area contributed by atoms with Gasteiger partial charge in [-0.1, -0.05) is 30.9 Å². The standard InChI is InChI=1S/C22H21BrN2O3/c1-5-9-28-21-18(23)11-16(12-19(21)27-4)10-17(13-24)22(26)25-20-14(2)7-6-8-15(20)3/h5-8,10-12H,1,9H2,2-4H3,(H,25,26)/b17-10-. The molecule has 144 valence electrons. The maximum absolute atomic E-state index is 12.6. The second-order valence-corrected chi connectivity index (χ2v) is 6.88. The van der Waals surface area contributed by atoms with Gasteiger partial charge >= 0.3 is 0 Å². The summed E-state index contributed by atoms with van der Waals surface area (Å²) in [4.78, 5) is 12.6. The molecule has 1 amide bonds. The molecule has 0 aromatic heterocycles. The van der Waals surface area contributed by atoms with Crippen molar-refractivity contribution in [3.05, 3.63) is 69.7 Å². The molecule has 0 unspecified atom stereocenters. The lowest BCUT2D eigenvalue weighted by molar-refractivity contribution is -0.112. The molecule has 0 heterocycles. The van der Waals surface area contributed by atoms with Crippen LogP contribution < -0.4 is 14.8 Å². The molecule has 2 aromatic carbocycles. The number of halogens is 1. The average Bonchev–Trinajstić information content (AvgIpc) is 2.67. The highest BCUT2D eigenvalue weighted by molar-refractivity contribution is 9.10. The van der Waals surface area contributed by atoms with Gasteiger partial charge in [-0.15, -0.1) is 0 Å². The van der Waals surface area contributed by atoms with Gasteiger partial charge in [-0.2, -0.15) is 5.26 Å². The van der Waals surface area contributed by atoms with Crippen molar-refractivity contribution in [2.24, 2.45) is 0 Å². The maximum atomic E-state index is 12.6. The second kappa shape index (κ2) is 9.77. The zero-order valence-electron chi connectivity index (χ0n) is 16.0. The minimum Gasteiger partial charge on any atom is -0.493 e. The van der Waals surface area contributed by atoms with E-state index in [0.717, 1.165) is 11.1 Å². The highest BCUT2D eigenvalue weighted by atomic mass is 79.9. The van der Waals surface area contributed by atoms with E-state index >= 15 is 0 Å². The number of ether oxygens (including phenoxy) is 2. The fraction of sp³-hybridized carbons (Fsp3) is 0.182. The third-order valence-electron chi connectivity index (χ3n) is 3.99. The minimum absolute atomic E-state index is 0.0173. The zero-order valence-corrected chi connectivity index (χ0v) is 17.6. The van der Waals surface area contributed by atoms with Crippen LogP contribution in [0.25, 0.3) is 6.08 Å². The van der Waals surface area contributed by atoms with Crippen molar-refractivity contribution in [3.8, 4) is 17.6 Å². The number of amides is 1. The number of para-hydroxylation sites is 1. The van der Waals surface area contributed by atoms with Gasteiger partial charge in [0, 0.05) is 5.69 Å². The lowest BCUT2D eigenvalue weighted by Gasteiger charge is -2.13. The van der Waals surface area contributed by atoms with Gasteiger partial charge in [-0.3, -0.25) is 4.79 Å². The summed E-state index contributed by atoms with van der Waals surface area (Å²) < 4.78 is 11.6. The molecule has 0 radical (unpaired) electrons. The Morgan fingerprint density at radius 3 is 2.57 bits per heavy atom. The molecule has 1 N–H and O–H groups in total. The smallest absolute Gasteiger partial charge is 0.266 e. The fourth-order valence-corrected chi connectivity index (χ4v) is 3.19. The minimum atomic E-state index is -0.470. The first-order valence-corrected chi connectivity index (χ1v) is 9.31. The van der Waals surface area contributed by atoms with Crippen molar-refractivity contribution in [2.45, 2.75) is 13.8 Å². The van der Waals surface area contributed by atoms with E-state index in [2.05, 4.69) is 27.8 Å². The zero-order chi connectivity index (χ0) is 20.7. The van der Waals surface area contributed by atoms with Crippen molar-refractivity contribution in [1.82, 2.24) is 0 Å². The summed E-state index contributed by atoms with van der Waals surface area (Å²) in [6.07, 6.45) is 3.14. The Hall–Kier alpha value is -3.04. The number of carbonyl (C=O) groups excluding carboxylic acids is 1. The summed E-state index contributed by atoms with van der Waals surface area (Å²) in [7, 11) is 1.52. The van der Waals surface area contributed by atoms with Crippen LogP contribution in [0.1, 0.15) is 16.7 Å². The van der Waals surface area contributed by atoms with Crippen LogP contribution in [0.15, 0.2) is 53.0 Å². The Balaban J connectivity index is 2.36. The van der Waals surface area contributed by atoms with Crippen LogP contribution in [0.3, 0.4) is 0 Å². The summed E-state index contributed by atoms with van der Waals surface area (Å²) >= 11 is 3.44. The lowest BCUT2D eigenvalue weighted by atomic mass is 10.1. The van der Waals surface area contributed by atoms with Crippen molar-refractivity contribution >= 4 is 33.6 Å². The fourth-order valence-electron chi connectivity index (χ4n) is 2.61. The molecule has 0 fully saturated rings. The van der Waals surface area contributed by atoms with Gasteiger partial charge in [-0.25, -0.2) is 0 Å². The van der Waals surface area contributed by atoms with E-state index in [0.29, 0.717) is 33.8 Å². The number of benzene rings is 2. The lowest BCUT2D eigenvalue weighted by Crippen LogP contribution is -2.15. The molecule has 0 aliphatic heterocycles. The Morgan fingerprint density at radius 2 is 2.00 bits per heavy atom. The number of nitrogens with zero attached hydrogens (tertiary/aromatic N) is 1. The van der Waals surface area contributed by atoms with Crippen molar-refractivity contribution in [3.63, 3.8) is 0 Å². The van der Waals surface area contributed by atoms with Crippen LogP contribution in [0.2, 0.25) is 0 Å². The maximum Gasteiger partial charge on any atom is 0.266 e. The largest absolute Gasteiger partial charge is 0.493 e. The van der Waals surface area contributed by atoms with Crippen LogP contribution in [0.4, 0.5) is 5.69 Å². The Labute approximate surface area is 173 Å². The van der Waals surface area contributed by atoms with Crippen molar-refractivity contribution < 1.29 is 14.3 Å². The van der Waals surface area contributed by atoms with Crippen molar-refractivity contribution in [2.75, 3.05) is 19.0 Å². The molecule has 0 bridgehead atoms. The van der Waals surface area contributed by atoms with Crippen LogP contribution in [0, 0.1) is 25.2 Å². The summed E-state index contributed by atoms with van der Waals surface area (Å²) in [6.45, 7) is 7.76. The summed E-state index contributed by atoms with van der Waals surface area (Å²) in [5.41, 5.74) is 3.18. The quantitative estimate of drug-likeness (QED) is 0.365. The number of carbonyl (C=O) groups is 1. The number of hydrogen-bond donors (Lipinski definition) is 1. The highest BCUT2D eigenvalue weighted by Gasteiger charge is 2.15. The normalized spacial score (nSPS) is 10.8. The summed E-state index contributed by atoms with van der Waals surface area (Å²) in [6, 6.07) is 11.1. The molecule has 0 aliphatic carbocycles. The van der Waals surface area contributed by atoms with E-state index in [1.165, 1.54) is 13.2 Å². The Morgan fingerprint density at radius 1 is 1.32 bits per heavy atom. The molecule has 5 nitrogen and oxygen atoms in total. The molecule has 0 aliphatic rings. The van der Waals surface area contributed by atoms with E-state index in [4.69, 9.17) is 9.47 Å². The van der Waals surface area contributed by atoms with E-state index in [-0.39, 0.29) is 5.57 Å². The average molecular weight is 441 g/mol. The Bertz CT molecular complexity index is 954. The van der Waals surface area contributed by atoms with Gasteiger partial charge in [0.15, 0.2) is 11.5 Å². The number of anilines is 1. The first-order chi connectivity index (χ1) is 13.4. The second-order valence-electron chi connectivity index (χ2n) is 6.02. The monoisotopic (exact) mass is 440 g/mol. The SMILES string of the molecule is C=CCOc1c(Br)cc(/C=C(/C#N)C(=O)Nc2c(C)cccc2C)cc1OC. The van der Waals surface area contributed by atoms with Crippen molar-refractivity contribution in [1.29, 1.82) is 5.26 Å². The Kier molecular flexibility index (Phi) is 7.42. The van der Waals surface area contributed by atoms with Crippen LogP contribution in [-0.4, -0.2) is 19.6 Å². The number of hydrogen-bond acceptors (Lipinski definition) is 4. The number of nitrogens with one attached hydrogen (secondary N) is 1. The van der Waals surface area contributed by atoms with Crippen LogP contribution >= 0.6 is 15.9 Å². The molecule has 0 atom stereocenters. The van der Waals surface area contributed by atoms with E-state index in [1.807, 2.05) is 38.1 Å². The van der Waals surface area contributed by atoms with E-state index in [9.17, 15) is 10.1 Å². The summed E-state index contributed by atoms with van der Waals surface area (Å²) in [5.74, 6) is 0.537. The molecule has 2 rings (SSSR count). The predicted molar refractivity (Wildman–Crippen MR) is 115 cm³/mol. The van der Waals surface area contributed by atoms with Crippen LogP contribution in [0.5, 0.6) is 11.5 Å². The number of rotatable bonds is 7. The highest BCUT2D eigenvalue weighted by Crippen LogP contribution is 2.37. The van der Waals surface area contributed by atoms with E-state index in [1.54, 1.807) is 18.2 Å². The van der Waals surface area contributed by atoms with Gasteiger partial charge < -0.3 is 14.8 Å². The molecule has 28 heavy (non-hydrogen) atoms. The third kappa shape index (κ3) is 5.02. The number of nitriles is 1. The third-order valence-corrected chi connectivity index (χ3v) is 4.58. The van der Waals surface area contributed by atoms with Crippen LogP contribution in [-0.2, 0) is 4.79 Å². The molecule has 0 saturated carbocycles. The topological polar surface area (TPSA) is 71.3 Å². The first-order valence-electron chi connectivity index (χ1n) is 8.51. The molecule has 0 spiro atoms. The molecule has 2 aromatic rings. The molecule has 0 saturated heterocycles. The van der Waals surface area contributed by atoms with Gasteiger partial charge in [0.2, 0.25) is 0 Å². The van der Waals surface area contributed by atoms with Gasteiger partial charge in [0.1, 0.15) is 18.2 Å². The number of aryl methyl sites for hydroxylation is 2.